The Hall–Kier alpha value is -2.43. The van der Waals surface area contributed by atoms with E-state index in [-0.39, 0.29) is 12.3 Å². The van der Waals surface area contributed by atoms with E-state index in [0.29, 0.717) is 6.61 Å². The number of carbonyl (C=O) groups excluding carboxylic acids is 1. The zero-order valence-electron chi connectivity index (χ0n) is 11.5. The van der Waals surface area contributed by atoms with Crippen molar-refractivity contribution in [3.63, 3.8) is 0 Å². The molecule has 0 atom stereocenters. The molecule has 2 aromatic rings. The van der Waals surface area contributed by atoms with E-state index in [9.17, 15) is 4.79 Å². The summed E-state index contributed by atoms with van der Waals surface area (Å²) in [5, 5.41) is 3.34. The first-order chi connectivity index (χ1) is 9.65. The Morgan fingerprint density at radius 1 is 1.30 bits per heavy atom. The van der Waals surface area contributed by atoms with Crippen LogP contribution in [0.2, 0.25) is 0 Å². The SMILES string of the molecule is Cn1cccc1CNc1ccc(OCCC(N)=O)cc1. The minimum Gasteiger partial charge on any atom is -0.493 e. The molecule has 5 nitrogen and oxygen atoms in total. The smallest absolute Gasteiger partial charge is 0.220 e. The highest BCUT2D eigenvalue weighted by Crippen LogP contribution is 2.16. The third-order valence-corrected chi connectivity index (χ3v) is 3.00. The molecule has 106 valence electrons. The predicted octanol–water partition coefficient (Wildman–Crippen LogP) is 1.89. The van der Waals surface area contributed by atoms with Gasteiger partial charge < -0.3 is 20.4 Å². The van der Waals surface area contributed by atoms with Crippen molar-refractivity contribution in [3.8, 4) is 5.75 Å². The second-order valence-corrected chi connectivity index (χ2v) is 4.55. The molecule has 1 heterocycles. The van der Waals surface area contributed by atoms with Crippen molar-refractivity contribution < 1.29 is 9.53 Å². The fourth-order valence-electron chi connectivity index (χ4n) is 1.81. The van der Waals surface area contributed by atoms with Gasteiger partial charge in [0, 0.05) is 24.6 Å². The molecule has 1 amide bonds. The minimum absolute atomic E-state index is 0.230. The summed E-state index contributed by atoms with van der Waals surface area (Å²) in [7, 11) is 2.02. The van der Waals surface area contributed by atoms with E-state index in [4.69, 9.17) is 10.5 Å². The van der Waals surface area contributed by atoms with Gasteiger partial charge in [-0.15, -0.1) is 0 Å². The zero-order chi connectivity index (χ0) is 14.4. The molecular weight excluding hydrogens is 254 g/mol. The number of aromatic nitrogens is 1. The van der Waals surface area contributed by atoms with Crippen molar-refractivity contribution in [2.45, 2.75) is 13.0 Å². The van der Waals surface area contributed by atoms with Gasteiger partial charge in [0.05, 0.1) is 19.6 Å². The van der Waals surface area contributed by atoms with Crippen LogP contribution in [0.15, 0.2) is 42.6 Å². The summed E-state index contributed by atoms with van der Waals surface area (Å²) in [6.45, 7) is 1.08. The van der Waals surface area contributed by atoms with E-state index >= 15 is 0 Å². The van der Waals surface area contributed by atoms with E-state index in [0.717, 1.165) is 18.0 Å². The highest BCUT2D eigenvalue weighted by molar-refractivity contribution is 5.73. The van der Waals surface area contributed by atoms with E-state index in [1.807, 2.05) is 43.6 Å². The van der Waals surface area contributed by atoms with Crippen molar-refractivity contribution in [1.82, 2.24) is 4.57 Å². The number of amides is 1. The van der Waals surface area contributed by atoms with Crippen LogP contribution in [0.3, 0.4) is 0 Å². The molecular formula is C15H19N3O2. The fraction of sp³-hybridized carbons (Fsp3) is 0.267. The zero-order valence-corrected chi connectivity index (χ0v) is 11.5. The maximum Gasteiger partial charge on any atom is 0.220 e. The monoisotopic (exact) mass is 273 g/mol. The molecule has 20 heavy (non-hydrogen) atoms. The van der Waals surface area contributed by atoms with Crippen molar-refractivity contribution in [3.05, 3.63) is 48.3 Å². The molecule has 5 heteroatoms. The number of anilines is 1. The standard InChI is InChI=1S/C15H19N3O2/c1-18-9-2-3-13(18)11-17-12-4-6-14(7-5-12)20-10-8-15(16)19/h2-7,9,17H,8,10-11H2,1H3,(H2,16,19). The second-order valence-electron chi connectivity index (χ2n) is 4.55. The van der Waals surface area contributed by atoms with Crippen LogP contribution in [-0.4, -0.2) is 17.1 Å². The van der Waals surface area contributed by atoms with Gasteiger partial charge in [0.25, 0.3) is 0 Å². The van der Waals surface area contributed by atoms with Gasteiger partial charge in [-0.25, -0.2) is 0 Å². The average Bonchev–Trinajstić information content (AvgIpc) is 2.83. The van der Waals surface area contributed by atoms with E-state index in [1.165, 1.54) is 5.69 Å². The Bertz CT molecular complexity index is 561. The topological polar surface area (TPSA) is 69.3 Å². The molecule has 0 unspecified atom stereocenters. The molecule has 2 rings (SSSR count). The summed E-state index contributed by atoms with van der Waals surface area (Å²) in [6, 6.07) is 11.7. The van der Waals surface area contributed by atoms with Gasteiger partial charge >= 0.3 is 0 Å². The number of carbonyl (C=O) groups is 1. The van der Waals surface area contributed by atoms with Crippen LogP contribution in [0.1, 0.15) is 12.1 Å². The molecule has 0 aliphatic rings. The highest BCUT2D eigenvalue weighted by Gasteiger charge is 1.99. The van der Waals surface area contributed by atoms with Crippen LogP contribution in [-0.2, 0) is 18.4 Å². The lowest BCUT2D eigenvalue weighted by molar-refractivity contribution is -0.118. The molecule has 0 bridgehead atoms. The number of nitrogens with two attached hydrogens (primary N) is 1. The van der Waals surface area contributed by atoms with E-state index < -0.39 is 0 Å². The third-order valence-electron chi connectivity index (χ3n) is 3.00. The first-order valence-electron chi connectivity index (χ1n) is 6.50. The molecule has 0 fully saturated rings. The number of rotatable bonds is 7. The highest BCUT2D eigenvalue weighted by atomic mass is 16.5. The molecule has 0 saturated carbocycles. The van der Waals surface area contributed by atoms with Crippen LogP contribution < -0.4 is 15.8 Å². The second kappa shape index (κ2) is 6.65. The van der Waals surface area contributed by atoms with E-state index in [1.54, 1.807) is 0 Å². The van der Waals surface area contributed by atoms with Crippen molar-refractivity contribution in [2.24, 2.45) is 12.8 Å². The lowest BCUT2D eigenvalue weighted by Crippen LogP contribution is -2.14. The lowest BCUT2D eigenvalue weighted by Gasteiger charge is -2.09. The maximum absolute atomic E-state index is 10.6. The summed E-state index contributed by atoms with van der Waals surface area (Å²) >= 11 is 0. The molecule has 1 aromatic heterocycles. The fourth-order valence-corrected chi connectivity index (χ4v) is 1.81. The summed E-state index contributed by atoms with van der Waals surface area (Å²) in [5.74, 6) is 0.376. The van der Waals surface area contributed by atoms with Gasteiger partial charge in [0.15, 0.2) is 0 Å². The molecule has 1 aromatic carbocycles. The number of nitrogens with one attached hydrogen (secondary N) is 1. The molecule has 0 radical (unpaired) electrons. The third kappa shape index (κ3) is 4.05. The normalized spacial score (nSPS) is 10.2. The van der Waals surface area contributed by atoms with Crippen molar-refractivity contribution in [2.75, 3.05) is 11.9 Å². The molecule has 0 saturated heterocycles. The Morgan fingerprint density at radius 3 is 2.65 bits per heavy atom. The number of ether oxygens (including phenoxy) is 1. The number of aryl methyl sites for hydroxylation is 1. The average molecular weight is 273 g/mol. The van der Waals surface area contributed by atoms with Crippen LogP contribution in [0.5, 0.6) is 5.75 Å². The summed E-state index contributed by atoms with van der Waals surface area (Å²) < 4.78 is 7.49. The minimum atomic E-state index is -0.356. The molecule has 0 aliphatic carbocycles. The van der Waals surface area contributed by atoms with Gasteiger partial charge in [-0.2, -0.15) is 0 Å². The van der Waals surface area contributed by atoms with Crippen LogP contribution in [0, 0.1) is 0 Å². The Labute approximate surface area is 118 Å². The first kappa shape index (κ1) is 14.0. The molecule has 0 spiro atoms. The van der Waals surface area contributed by atoms with Gasteiger partial charge in [0.2, 0.25) is 5.91 Å². The van der Waals surface area contributed by atoms with Crippen LogP contribution in [0.4, 0.5) is 5.69 Å². The Morgan fingerprint density at radius 2 is 2.05 bits per heavy atom. The number of hydrogen-bond donors (Lipinski definition) is 2. The quantitative estimate of drug-likeness (QED) is 0.809. The lowest BCUT2D eigenvalue weighted by atomic mass is 10.3. The Balaban J connectivity index is 1.82. The van der Waals surface area contributed by atoms with Crippen molar-refractivity contribution >= 4 is 11.6 Å². The van der Waals surface area contributed by atoms with Gasteiger partial charge in [-0.3, -0.25) is 4.79 Å². The van der Waals surface area contributed by atoms with Gasteiger partial charge in [0.1, 0.15) is 5.75 Å². The predicted molar refractivity (Wildman–Crippen MR) is 78.5 cm³/mol. The Kier molecular flexibility index (Phi) is 4.65. The van der Waals surface area contributed by atoms with Crippen molar-refractivity contribution in [1.29, 1.82) is 0 Å². The summed E-state index contributed by atoms with van der Waals surface area (Å²) in [5.41, 5.74) is 7.28. The molecule has 3 N–H and O–H groups in total. The summed E-state index contributed by atoms with van der Waals surface area (Å²) in [4.78, 5) is 10.6. The maximum atomic E-state index is 10.6. The largest absolute Gasteiger partial charge is 0.493 e. The van der Waals surface area contributed by atoms with Crippen LogP contribution >= 0.6 is 0 Å². The van der Waals surface area contributed by atoms with E-state index in [2.05, 4.69) is 16.0 Å². The van der Waals surface area contributed by atoms with Gasteiger partial charge in [-0.05, 0) is 36.4 Å². The molecule has 0 aliphatic heterocycles. The number of primary amides is 1. The number of benzene rings is 1. The summed E-state index contributed by atoms with van der Waals surface area (Å²) in [6.07, 6.45) is 2.25. The van der Waals surface area contributed by atoms with Crippen LogP contribution in [0.25, 0.3) is 0 Å². The van der Waals surface area contributed by atoms with Gasteiger partial charge in [-0.1, -0.05) is 0 Å². The number of nitrogens with zero attached hydrogens (tertiary/aromatic N) is 1. The first-order valence-corrected chi connectivity index (χ1v) is 6.50. The number of hydrogen-bond acceptors (Lipinski definition) is 3.